The summed E-state index contributed by atoms with van der Waals surface area (Å²) < 4.78 is 85.2. The minimum atomic E-state index is -4.87. The van der Waals surface area contributed by atoms with Crippen molar-refractivity contribution in [1.29, 1.82) is 0 Å². The Bertz CT molecular complexity index is 917. The molecule has 34 heavy (non-hydrogen) atoms. The van der Waals surface area contributed by atoms with Crippen LogP contribution in [0.5, 0.6) is 5.75 Å². The van der Waals surface area contributed by atoms with Crippen molar-refractivity contribution in [1.82, 2.24) is 9.80 Å². The average Bonchev–Trinajstić information content (AvgIpc) is 2.78. The molecule has 0 N–H and O–H groups in total. The molecule has 0 saturated carbocycles. The Kier molecular flexibility index (Phi) is 8.18. The molecule has 0 bridgehead atoms. The molecule has 2 aromatic carbocycles. The van der Waals surface area contributed by atoms with Gasteiger partial charge in [0.15, 0.2) is 0 Å². The normalized spacial score (nSPS) is 17.2. The number of methoxy groups -OCH3 is 1. The van der Waals surface area contributed by atoms with Crippen LogP contribution in [0.2, 0.25) is 0 Å². The molecule has 0 amide bonds. The number of halogens is 6. The minimum Gasteiger partial charge on any atom is -0.496 e. The number of piperazine rings is 1. The molecular formula is C25H29F6N2O. The number of rotatable bonds is 7. The largest absolute Gasteiger partial charge is 0.496 e. The van der Waals surface area contributed by atoms with Crippen LogP contribution in [0.25, 0.3) is 0 Å². The van der Waals surface area contributed by atoms with E-state index in [0.717, 1.165) is 30.8 Å². The summed E-state index contributed by atoms with van der Waals surface area (Å²) in [4.78, 5) is 4.52. The van der Waals surface area contributed by atoms with Crippen LogP contribution in [0, 0.1) is 6.42 Å². The van der Waals surface area contributed by atoms with Gasteiger partial charge in [0, 0.05) is 43.8 Å². The van der Waals surface area contributed by atoms with Crippen LogP contribution in [0.1, 0.15) is 42.1 Å². The highest BCUT2D eigenvalue weighted by Crippen LogP contribution is 2.38. The maximum Gasteiger partial charge on any atom is 0.416 e. The molecule has 1 aliphatic heterocycles. The third kappa shape index (κ3) is 6.44. The summed E-state index contributed by atoms with van der Waals surface area (Å²) in [5, 5.41) is 0. The van der Waals surface area contributed by atoms with Crippen molar-refractivity contribution in [3.63, 3.8) is 0 Å². The molecule has 1 atom stereocenters. The van der Waals surface area contributed by atoms with Gasteiger partial charge in [0.25, 0.3) is 0 Å². The fourth-order valence-corrected chi connectivity index (χ4v) is 4.30. The zero-order chi connectivity index (χ0) is 25.1. The summed E-state index contributed by atoms with van der Waals surface area (Å²) in [5.74, 6) is 0.620. The van der Waals surface area contributed by atoms with Gasteiger partial charge in [-0.15, -0.1) is 0 Å². The third-order valence-electron chi connectivity index (χ3n) is 6.15. The topological polar surface area (TPSA) is 15.7 Å². The maximum atomic E-state index is 13.3. The summed E-state index contributed by atoms with van der Waals surface area (Å²) in [6, 6.07) is 9.15. The van der Waals surface area contributed by atoms with Crippen LogP contribution in [0.4, 0.5) is 26.3 Å². The number of ether oxygens (including phenoxy) is 1. The van der Waals surface area contributed by atoms with E-state index in [0.29, 0.717) is 24.9 Å². The highest BCUT2D eigenvalue weighted by atomic mass is 19.4. The van der Waals surface area contributed by atoms with Gasteiger partial charge in [0.2, 0.25) is 0 Å². The number of benzene rings is 2. The highest BCUT2D eigenvalue weighted by molar-refractivity contribution is 5.39. The summed E-state index contributed by atoms with van der Waals surface area (Å²) >= 11 is 0. The molecule has 1 saturated heterocycles. The third-order valence-corrected chi connectivity index (χ3v) is 6.15. The molecule has 187 valence electrons. The van der Waals surface area contributed by atoms with Gasteiger partial charge in [0.05, 0.1) is 18.2 Å². The first-order chi connectivity index (χ1) is 15.9. The predicted molar refractivity (Wildman–Crippen MR) is 118 cm³/mol. The zero-order valence-corrected chi connectivity index (χ0v) is 19.4. The molecule has 1 radical (unpaired) electrons. The molecule has 9 heteroatoms. The van der Waals surface area contributed by atoms with Crippen molar-refractivity contribution in [3.8, 4) is 5.75 Å². The molecule has 3 rings (SSSR count). The first-order valence-corrected chi connectivity index (χ1v) is 11.1. The van der Waals surface area contributed by atoms with Crippen LogP contribution in [0.15, 0.2) is 42.5 Å². The highest BCUT2D eigenvalue weighted by Gasteiger charge is 2.37. The predicted octanol–water partition coefficient (Wildman–Crippen LogP) is 6.25. The van der Waals surface area contributed by atoms with Crippen LogP contribution in [-0.4, -0.2) is 49.1 Å². The number of alkyl halides is 6. The number of nitrogens with zero attached hydrogens (tertiary/aromatic N) is 2. The molecule has 0 aliphatic carbocycles. The van der Waals surface area contributed by atoms with Crippen molar-refractivity contribution >= 4 is 0 Å². The Labute approximate surface area is 196 Å². The second kappa shape index (κ2) is 10.6. The quantitative estimate of drug-likeness (QED) is 0.430. The first-order valence-electron chi connectivity index (χ1n) is 11.1. The molecule has 1 aliphatic rings. The first kappa shape index (κ1) is 26.3. The number of hydrogen-bond donors (Lipinski definition) is 0. The van der Waals surface area contributed by atoms with E-state index < -0.39 is 23.5 Å². The summed E-state index contributed by atoms with van der Waals surface area (Å²) in [6.07, 6.45) is -8.02. The Hall–Kier alpha value is -2.26. The van der Waals surface area contributed by atoms with E-state index in [-0.39, 0.29) is 24.1 Å². The van der Waals surface area contributed by atoms with E-state index in [1.54, 1.807) is 12.5 Å². The lowest BCUT2D eigenvalue weighted by molar-refractivity contribution is -0.143. The van der Waals surface area contributed by atoms with Gasteiger partial charge in [-0.05, 0) is 56.5 Å². The molecule has 2 aromatic rings. The minimum absolute atomic E-state index is 0.0390. The zero-order valence-electron chi connectivity index (χ0n) is 19.4. The Morgan fingerprint density at radius 3 is 1.88 bits per heavy atom. The maximum absolute atomic E-state index is 13.3. The van der Waals surface area contributed by atoms with E-state index in [9.17, 15) is 26.3 Å². The lowest BCUT2D eigenvalue weighted by atomic mass is 9.94. The number of para-hydroxylation sites is 1. The van der Waals surface area contributed by atoms with E-state index >= 15 is 0 Å². The van der Waals surface area contributed by atoms with E-state index in [2.05, 4.69) is 23.6 Å². The van der Waals surface area contributed by atoms with Crippen LogP contribution in [-0.2, 0) is 18.8 Å². The second-order valence-corrected chi connectivity index (χ2v) is 8.71. The van der Waals surface area contributed by atoms with Crippen LogP contribution in [0.3, 0.4) is 0 Å². The Balaban J connectivity index is 1.90. The fourth-order valence-electron chi connectivity index (χ4n) is 4.30. The van der Waals surface area contributed by atoms with Crippen LogP contribution < -0.4 is 4.74 Å². The van der Waals surface area contributed by atoms with Gasteiger partial charge < -0.3 is 4.74 Å². The monoisotopic (exact) mass is 487 g/mol. The summed E-state index contributed by atoms with van der Waals surface area (Å²) in [7, 11) is 1.54. The van der Waals surface area contributed by atoms with Gasteiger partial charge in [-0.2, -0.15) is 26.3 Å². The molecule has 3 nitrogen and oxygen atoms in total. The fraction of sp³-hybridized carbons (Fsp3) is 0.480. The standard InChI is InChI=1S/C25H29F6N2O/c1-17(2)32-10-12-33(13-11-32)22(21-6-4-5-7-23(21)34-3)9-8-18-14-19(24(26,27)28)16-20(15-18)25(29,30)31/h4-7,9,14-17,22H,8,10-13H2,1-3H3. The lowest BCUT2D eigenvalue weighted by Crippen LogP contribution is -2.50. The molecule has 1 heterocycles. The van der Waals surface area contributed by atoms with Gasteiger partial charge >= 0.3 is 12.4 Å². The van der Waals surface area contributed by atoms with Crippen LogP contribution >= 0.6 is 0 Å². The van der Waals surface area contributed by atoms with Gasteiger partial charge in [-0.1, -0.05) is 18.2 Å². The summed E-state index contributed by atoms with van der Waals surface area (Å²) in [5.41, 5.74) is -1.82. The summed E-state index contributed by atoms with van der Waals surface area (Å²) in [6.45, 7) is 7.30. The van der Waals surface area contributed by atoms with Crippen molar-refractivity contribution in [2.45, 2.75) is 44.7 Å². The average molecular weight is 488 g/mol. The lowest BCUT2D eigenvalue weighted by Gasteiger charge is -2.41. The molecule has 0 aromatic heterocycles. The van der Waals surface area contributed by atoms with E-state index in [4.69, 9.17) is 4.74 Å². The second-order valence-electron chi connectivity index (χ2n) is 8.71. The molecule has 0 spiro atoms. The molecule has 1 fully saturated rings. The van der Waals surface area contributed by atoms with Crippen molar-refractivity contribution in [2.24, 2.45) is 0 Å². The Morgan fingerprint density at radius 2 is 1.38 bits per heavy atom. The van der Waals surface area contributed by atoms with Gasteiger partial charge in [-0.25, -0.2) is 0 Å². The Morgan fingerprint density at radius 1 is 0.853 bits per heavy atom. The van der Waals surface area contributed by atoms with E-state index in [1.165, 1.54) is 7.11 Å². The van der Waals surface area contributed by atoms with E-state index in [1.807, 2.05) is 18.2 Å². The van der Waals surface area contributed by atoms with Crippen molar-refractivity contribution in [3.05, 3.63) is 71.1 Å². The smallest absolute Gasteiger partial charge is 0.416 e. The molecule has 1 unspecified atom stereocenters. The number of hydrogen-bond acceptors (Lipinski definition) is 3. The SMILES string of the molecule is COc1ccccc1C([CH]Cc1cc(C(F)(F)F)cc(C(F)(F)F)c1)N1CCN(C(C)C)CC1. The molecular weight excluding hydrogens is 458 g/mol. The van der Waals surface area contributed by atoms with Crippen molar-refractivity contribution in [2.75, 3.05) is 33.3 Å². The van der Waals surface area contributed by atoms with Gasteiger partial charge in [-0.3, -0.25) is 9.80 Å². The van der Waals surface area contributed by atoms with Crippen molar-refractivity contribution < 1.29 is 31.1 Å². The van der Waals surface area contributed by atoms with Gasteiger partial charge in [0.1, 0.15) is 5.75 Å².